The van der Waals surface area contributed by atoms with Crippen molar-refractivity contribution in [1.29, 1.82) is 0 Å². The van der Waals surface area contributed by atoms with Crippen molar-refractivity contribution in [2.45, 2.75) is 70.3 Å². The van der Waals surface area contributed by atoms with E-state index in [0.29, 0.717) is 23.4 Å². The summed E-state index contributed by atoms with van der Waals surface area (Å²) in [7, 11) is 3.73. The van der Waals surface area contributed by atoms with Crippen molar-refractivity contribution in [3.05, 3.63) is 41.6 Å². The lowest BCUT2D eigenvalue weighted by Gasteiger charge is -2.41. The van der Waals surface area contributed by atoms with E-state index in [0.717, 1.165) is 85.7 Å². The summed E-state index contributed by atoms with van der Waals surface area (Å²) in [5.41, 5.74) is 4.68. The molecule has 1 aliphatic carbocycles. The number of anilines is 1. The molecule has 1 atom stereocenters. The molecule has 1 unspecified atom stereocenters. The minimum absolute atomic E-state index is 0.0497. The highest BCUT2D eigenvalue weighted by Crippen LogP contribution is 2.43. The number of aromatic nitrogens is 3. The van der Waals surface area contributed by atoms with Crippen LogP contribution < -0.4 is 10.1 Å². The van der Waals surface area contributed by atoms with Crippen LogP contribution in [0.15, 0.2) is 24.5 Å². The first-order valence-electron chi connectivity index (χ1n) is 14.9. The molecule has 3 aromatic rings. The Labute approximate surface area is 242 Å². The van der Waals surface area contributed by atoms with Crippen LogP contribution in [0.2, 0.25) is 0 Å². The molecule has 3 heterocycles. The largest absolute Gasteiger partial charge is 0.495 e. The van der Waals surface area contributed by atoms with Crippen molar-refractivity contribution in [2.75, 3.05) is 52.3 Å². The zero-order valence-corrected chi connectivity index (χ0v) is 24.8. The van der Waals surface area contributed by atoms with Gasteiger partial charge in [-0.2, -0.15) is 0 Å². The van der Waals surface area contributed by atoms with Gasteiger partial charge >= 0.3 is 6.09 Å². The Bertz CT molecular complexity index is 1360. The molecular formula is C31H44N6O4. The number of methoxy groups -OCH3 is 1. The Balaban J connectivity index is 1.56. The Morgan fingerprint density at radius 2 is 1.90 bits per heavy atom. The normalized spacial score (nSPS) is 21.2. The smallest absolute Gasteiger partial charge is 0.409 e. The van der Waals surface area contributed by atoms with Crippen LogP contribution in [0.5, 0.6) is 5.75 Å². The van der Waals surface area contributed by atoms with Gasteiger partial charge in [-0.05, 0) is 63.8 Å². The van der Waals surface area contributed by atoms with Gasteiger partial charge < -0.3 is 19.8 Å². The maximum Gasteiger partial charge on any atom is 0.409 e. The van der Waals surface area contributed by atoms with Crippen molar-refractivity contribution < 1.29 is 19.7 Å². The standard InChI is InChI=1S/C31H44N6O4/c1-5-6-22(19-38)24-17-26(33-31(39)40)27(41-4)18-25(24)28-29-20(2)32-11-12-37(29)30(34-28)21-7-9-23(10-8-21)36-15-13-35(3)14-16-36/h11-12,17-18,21-23,33,38H,5-10,13-16,19H2,1-4H3,(H,39,40). The Morgan fingerprint density at radius 3 is 2.54 bits per heavy atom. The zero-order chi connectivity index (χ0) is 29.1. The number of carbonyl (C=O) groups is 1. The molecule has 1 saturated heterocycles. The summed E-state index contributed by atoms with van der Waals surface area (Å²) in [6.45, 7) is 8.61. The number of rotatable bonds is 9. The van der Waals surface area contributed by atoms with Crippen LogP contribution in [0.1, 0.15) is 74.4 Å². The summed E-state index contributed by atoms with van der Waals surface area (Å²) in [6, 6.07) is 4.30. The number of benzene rings is 1. The van der Waals surface area contributed by atoms with Gasteiger partial charge in [-0.1, -0.05) is 13.3 Å². The number of fused-ring (bicyclic) bond motifs is 1. The maximum atomic E-state index is 11.6. The minimum atomic E-state index is -1.17. The second kappa shape index (κ2) is 12.8. The summed E-state index contributed by atoms with van der Waals surface area (Å²) in [4.78, 5) is 26.6. The summed E-state index contributed by atoms with van der Waals surface area (Å²) >= 11 is 0. The average molecular weight is 565 g/mol. The number of nitrogens with one attached hydrogen (secondary N) is 1. The summed E-state index contributed by atoms with van der Waals surface area (Å²) < 4.78 is 7.83. The summed E-state index contributed by atoms with van der Waals surface area (Å²) in [6.07, 6.45) is 8.82. The van der Waals surface area contributed by atoms with E-state index in [2.05, 4.69) is 38.5 Å². The van der Waals surface area contributed by atoms with Gasteiger partial charge in [0.25, 0.3) is 0 Å². The third-order valence-electron chi connectivity index (χ3n) is 9.05. The van der Waals surface area contributed by atoms with Crippen LogP contribution in [0.3, 0.4) is 0 Å². The number of nitrogens with zero attached hydrogens (tertiary/aromatic N) is 5. The van der Waals surface area contributed by atoms with Crippen LogP contribution in [0.4, 0.5) is 10.5 Å². The number of aliphatic hydroxyl groups is 1. The quantitative estimate of drug-likeness (QED) is 0.334. The highest BCUT2D eigenvalue weighted by atomic mass is 16.5. The molecule has 5 rings (SSSR count). The predicted octanol–water partition coefficient (Wildman–Crippen LogP) is 4.95. The number of piperazine rings is 1. The molecule has 0 spiro atoms. The van der Waals surface area contributed by atoms with Gasteiger partial charge in [-0.15, -0.1) is 0 Å². The fourth-order valence-corrected chi connectivity index (χ4v) is 6.80. The molecule has 41 heavy (non-hydrogen) atoms. The zero-order valence-electron chi connectivity index (χ0n) is 24.8. The predicted molar refractivity (Wildman–Crippen MR) is 160 cm³/mol. The Morgan fingerprint density at radius 1 is 1.17 bits per heavy atom. The van der Waals surface area contributed by atoms with E-state index in [1.54, 1.807) is 6.07 Å². The van der Waals surface area contributed by atoms with E-state index in [1.807, 2.05) is 25.4 Å². The van der Waals surface area contributed by atoms with Gasteiger partial charge in [0.15, 0.2) is 0 Å². The van der Waals surface area contributed by atoms with Gasteiger partial charge in [-0.25, -0.2) is 9.78 Å². The van der Waals surface area contributed by atoms with Crippen molar-refractivity contribution in [1.82, 2.24) is 24.2 Å². The van der Waals surface area contributed by atoms with Crippen molar-refractivity contribution in [2.24, 2.45) is 0 Å². The van der Waals surface area contributed by atoms with Crippen molar-refractivity contribution in [3.8, 4) is 17.0 Å². The van der Waals surface area contributed by atoms with E-state index < -0.39 is 6.09 Å². The summed E-state index contributed by atoms with van der Waals surface area (Å²) in [5, 5.41) is 22.3. The Hall–Kier alpha value is -3.21. The monoisotopic (exact) mass is 564 g/mol. The molecular weight excluding hydrogens is 520 g/mol. The van der Waals surface area contributed by atoms with Crippen molar-refractivity contribution >= 4 is 17.3 Å². The number of carboxylic acid groups (broad SMARTS) is 1. The van der Waals surface area contributed by atoms with Crippen LogP contribution in [-0.2, 0) is 0 Å². The van der Waals surface area contributed by atoms with Crippen LogP contribution in [0, 0.1) is 6.92 Å². The van der Waals surface area contributed by atoms with Crippen molar-refractivity contribution in [3.63, 3.8) is 0 Å². The number of hydrogen-bond donors (Lipinski definition) is 3. The molecule has 1 amide bonds. The molecule has 1 aromatic carbocycles. The number of aliphatic hydroxyl groups excluding tert-OH is 1. The molecule has 10 heteroatoms. The second-order valence-corrected chi connectivity index (χ2v) is 11.6. The number of amides is 1. The summed E-state index contributed by atoms with van der Waals surface area (Å²) in [5.74, 6) is 1.62. The number of aryl methyl sites for hydroxylation is 1. The molecule has 2 aromatic heterocycles. The topological polar surface area (TPSA) is 115 Å². The SMILES string of the molecule is CCCC(CO)c1cc(NC(=O)O)c(OC)cc1-c1nc(C2CCC(N3CCN(C)CC3)CC2)n2ccnc(C)c12. The molecule has 0 radical (unpaired) electrons. The van der Waals surface area contributed by atoms with E-state index in [-0.39, 0.29) is 12.5 Å². The number of likely N-dealkylation sites (N-methyl/N-ethyl adjacent to an activating group) is 1. The number of imidazole rings is 1. The van der Waals surface area contributed by atoms with Gasteiger partial charge in [0.1, 0.15) is 11.6 Å². The maximum absolute atomic E-state index is 11.6. The van der Waals surface area contributed by atoms with Gasteiger partial charge in [0.05, 0.1) is 29.7 Å². The molecule has 10 nitrogen and oxygen atoms in total. The van der Waals surface area contributed by atoms with Gasteiger partial charge in [0.2, 0.25) is 0 Å². The first-order valence-corrected chi connectivity index (χ1v) is 14.9. The molecule has 2 fully saturated rings. The molecule has 0 bridgehead atoms. The third-order valence-corrected chi connectivity index (χ3v) is 9.05. The molecule has 222 valence electrons. The molecule has 1 saturated carbocycles. The number of hydrogen-bond acceptors (Lipinski definition) is 7. The highest BCUT2D eigenvalue weighted by molar-refractivity contribution is 5.89. The fourth-order valence-electron chi connectivity index (χ4n) is 6.80. The average Bonchev–Trinajstić information content (AvgIpc) is 3.37. The molecule has 1 aliphatic heterocycles. The van der Waals surface area contributed by atoms with E-state index in [1.165, 1.54) is 20.0 Å². The lowest BCUT2D eigenvalue weighted by atomic mass is 9.84. The first-order chi connectivity index (χ1) is 19.8. The molecule has 2 aliphatic rings. The lowest BCUT2D eigenvalue weighted by Crippen LogP contribution is -2.49. The van der Waals surface area contributed by atoms with Crippen LogP contribution >= 0.6 is 0 Å². The third kappa shape index (κ3) is 6.05. The second-order valence-electron chi connectivity index (χ2n) is 11.6. The number of ether oxygens (including phenoxy) is 1. The van der Waals surface area contributed by atoms with Crippen LogP contribution in [-0.4, -0.2) is 93.5 Å². The van der Waals surface area contributed by atoms with E-state index in [4.69, 9.17) is 9.72 Å². The fraction of sp³-hybridized carbons (Fsp3) is 0.581. The lowest BCUT2D eigenvalue weighted by molar-refractivity contribution is 0.0872. The molecule has 3 N–H and O–H groups in total. The Kier molecular flexibility index (Phi) is 9.11. The van der Waals surface area contributed by atoms with Gasteiger partial charge in [0, 0.05) is 68.6 Å². The van der Waals surface area contributed by atoms with E-state index >= 15 is 0 Å². The highest BCUT2D eigenvalue weighted by Gasteiger charge is 2.32. The van der Waals surface area contributed by atoms with E-state index in [9.17, 15) is 15.0 Å². The minimum Gasteiger partial charge on any atom is -0.495 e. The van der Waals surface area contributed by atoms with Gasteiger partial charge in [-0.3, -0.25) is 19.6 Å². The first kappa shape index (κ1) is 29.3. The van der Waals surface area contributed by atoms with Crippen LogP contribution in [0.25, 0.3) is 16.8 Å².